The van der Waals surface area contributed by atoms with Gasteiger partial charge >= 0.3 is 0 Å². The maximum atomic E-state index is 11.9. The van der Waals surface area contributed by atoms with Gasteiger partial charge in [-0.15, -0.1) is 0 Å². The molecule has 0 saturated carbocycles. The highest BCUT2D eigenvalue weighted by Crippen LogP contribution is 2.11. The number of rotatable bonds is 5. The fraction of sp³-hybridized carbons (Fsp3) is 0.118. The van der Waals surface area contributed by atoms with Crippen molar-refractivity contribution >= 4 is 23.2 Å². The van der Waals surface area contributed by atoms with Crippen molar-refractivity contribution in [1.29, 1.82) is 0 Å². The van der Waals surface area contributed by atoms with Crippen LogP contribution in [0.1, 0.15) is 11.4 Å². The monoisotopic (exact) mass is 308 g/mol. The molecule has 23 heavy (non-hydrogen) atoms. The van der Waals surface area contributed by atoms with Crippen LogP contribution in [0.2, 0.25) is 0 Å². The van der Waals surface area contributed by atoms with E-state index in [4.69, 9.17) is 4.74 Å². The summed E-state index contributed by atoms with van der Waals surface area (Å²) in [6.45, 7) is 0. The van der Waals surface area contributed by atoms with Gasteiger partial charge < -0.3 is 9.72 Å². The van der Waals surface area contributed by atoms with E-state index in [1.807, 2.05) is 48.5 Å². The average Bonchev–Trinajstić information content (AvgIpc) is 2.97. The Morgan fingerprint density at radius 2 is 2.04 bits per heavy atom. The molecule has 1 amide bonds. The number of carbonyl (C=O) groups excluding carboxylic acids is 1. The second kappa shape index (κ2) is 6.74. The number of H-pyrrole nitrogens is 1. The third-order valence-electron chi connectivity index (χ3n) is 3.29. The van der Waals surface area contributed by atoms with Crippen molar-refractivity contribution in [3.63, 3.8) is 0 Å². The van der Waals surface area contributed by atoms with Gasteiger partial charge in [0, 0.05) is 0 Å². The van der Waals surface area contributed by atoms with E-state index in [0.717, 1.165) is 22.3 Å². The zero-order valence-electron chi connectivity index (χ0n) is 12.6. The highest BCUT2D eigenvalue weighted by Gasteiger charge is 2.07. The van der Waals surface area contributed by atoms with Crippen molar-refractivity contribution in [3.05, 3.63) is 59.9 Å². The summed E-state index contributed by atoms with van der Waals surface area (Å²) < 4.78 is 5.08. The fourth-order valence-electron chi connectivity index (χ4n) is 2.15. The minimum absolute atomic E-state index is 0.147. The summed E-state index contributed by atoms with van der Waals surface area (Å²) in [5, 5.41) is 3.94. The average molecular weight is 308 g/mol. The molecular weight excluding hydrogens is 292 g/mol. The van der Waals surface area contributed by atoms with Gasteiger partial charge in [0.2, 0.25) is 5.91 Å². The molecule has 3 rings (SSSR count). The number of carbonyl (C=O) groups is 1. The Labute approximate surface area is 133 Å². The highest BCUT2D eigenvalue weighted by atomic mass is 16.5. The summed E-state index contributed by atoms with van der Waals surface area (Å²) in [6.07, 6.45) is 1.73. The Hall–Kier alpha value is -3.15. The summed E-state index contributed by atoms with van der Waals surface area (Å²) in [6, 6.07) is 15.0. The van der Waals surface area contributed by atoms with E-state index in [2.05, 4.69) is 20.5 Å². The zero-order valence-corrected chi connectivity index (χ0v) is 12.6. The van der Waals surface area contributed by atoms with Crippen LogP contribution in [0.15, 0.2) is 53.6 Å². The molecule has 0 spiro atoms. The number of aromatic nitrogens is 2. The minimum atomic E-state index is -0.228. The van der Waals surface area contributed by atoms with E-state index in [1.54, 1.807) is 13.3 Å². The first-order valence-corrected chi connectivity index (χ1v) is 7.14. The standard InChI is InChI=1S/C17H16N4O2/c1-23-13-8-6-12(7-9-13)11-18-21-17(22)10-16-19-14-4-2-3-5-15(14)20-16/h2-9,11H,10H2,1H3,(H,19,20)(H,21,22)/b18-11+. The fourth-order valence-corrected chi connectivity index (χ4v) is 2.15. The number of para-hydroxylation sites is 2. The molecule has 6 nitrogen and oxygen atoms in total. The second-order valence-corrected chi connectivity index (χ2v) is 4.94. The van der Waals surface area contributed by atoms with Crippen molar-refractivity contribution < 1.29 is 9.53 Å². The maximum Gasteiger partial charge on any atom is 0.247 e. The number of hydrogen-bond donors (Lipinski definition) is 2. The Balaban J connectivity index is 1.57. The number of nitrogens with zero attached hydrogens (tertiary/aromatic N) is 2. The summed E-state index contributed by atoms with van der Waals surface area (Å²) in [5.74, 6) is 1.16. The number of amides is 1. The molecule has 0 fully saturated rings. The van der Waals surface area contributed by atoms with E-state index in [9.17, 15) is 4.79 Å². The summed E-state index contributed by atoms with van der Waals surface area (Å²) >= 11 is 0. The van der Waals surface area contributed by atoms with E-state index in [0.29, 0.717) is 5.82 Å². The Morgan fingerprint density at radius 3 is 2.78 bits per heavy atom. The molecule has 6 heteroatoms. The van der Waals surface area contributed by atoms with Crippen molar-refractivity contribution in [2.45, 2.75) is 6.42 Å². The van der Waals surface area contributed by atoms with Gasteiger partial charge in [-0.2, -0.15) is 5.10 Å². The predicted molar refractivity (Wildman–Crippen MR) is 88.5 cm³/mol. The van der Waals surface area contributed by atoms with E-state index < -0.39 is 0 Å². The molecular formula is C17H16N4O2. The normalized spacial score (nSPS) is 11.0. The predicted octanol–water partition coefficient (Wildman–Crippen LogP) is 2.26. The number of ether oxygens (including phenoxy) is 1. The van der Waals surface area contributed by atoms with E-state index in [1.165, 1.54) is 0 Å². The molecule has 1 heterocycles. The first-order chi connectivity index (χ1) is 11.2. The van der Waals surface area contributed by atoms with Crippen LogP contribution < -0.4 is 10.2 Å². The minimum Gasteiger partial charge on any atom is -0.497 e. The lowest BCUT2D eigenvalue weighted by atomic mass is 10.2. The molecule has 2 aromatic carbocycles. The molecule has 116 valence electrons. The molecule has 3 aromatic rings. The molecule has 0 aliphatic heterocycles. The number of hydrazone groups is 1. The van der Waals surface area contributed by atoms with Gasteiger partial charge in [-0.25, -0.2) is 10.4 Å². The van der Waals surface area contributed by atoms with Gasteiger partial charge in [-0.3, -0.25) is 4.79 Å². The molecule has 2 N–H and O–H groups in total. The molecule has 0 aliphatic carbocycles. The summed E-state index contributed by atoms with van der Waals surface area (Å²) in [7, 11) is 1.61. The van der Waals surface area contributed by atoms with Crippen molar-refractivity contribution in [2.24, 2.45) is 5.10 Å². The zero-order chi connectivity index (χ0) is 16.1. The van der Waals surface area contributed by atoms with Crippen molar-refractivity contribution in [3.8, 4) is 5.75 Å². The molecule has 0 atom stereocenters. The summed E-state index contributed by atoms with van der Waals surface area (Å²) in [4.78, 5) is 19.3. The van der Waals surface area contributed by atoms with Crippen LogP contribution >= 0.6 is 0 Å². The van der Waals surface area contributed by atoms with Gasteiger partial charge in [-0.1, -0.05) is 12.1 Å². The first kappa shape index (κ1) is 14.8. The molecule has 0 aliphatic rings. The van der Waals surface area contributed by atoms with Gasteiger partial charge in [0.15, 0.2) is 0 Å². The lowest BCUT2D eigenvalue weighted by molar-refractivity contribution is -0.120. The van der Waals surface area contributed by atoms with Crippen LogP contribution in [0, 0.1) is 0 Å². The van der Waals surface area contributed by atoms with Crippen LogP contribution in [0.4, 0.5) is 0 Å². The number of benzene rings is 2. The van der Waals surface area contributed by atoms with Crippen LogP contribution in [0.25, 0.3) is 11.0 Å². The van der Waals surface area contributed by atoms with Crippen molar-refractivity contribution in [1.82, 2.24) is 15.4 Å². The quantitative estimate of drug-likeness (QED) is 0.560. The number of methoxy groups -OCH3 is 1. The summed E-state index contributed by atoms with van der Waals surface area (Å²) in [5.41, 5.74) is 5.12. The third kappa shape index (κ3) is 3.74. The van der Waals surface area contributed by atoms with Crippen LogP contribution in [0.5, 0.6) is 5.75 Å². The Bertz CT molecular complexity index is 804. The third-order valence-corrected chi connectivity index (χ3v) is 3.29. The lowest BCUT2D eigenvalue weighted by Gasteiger charge is -1.99. The van der Waals surface area contributed by atoms with Crippen LogP contribution in [-0.2, 0) is 11.2 Å². The Kier molecular flexibility index (Phi) is 4.33. The van der Waals surface area contributed by atoms with Crippen molar-refractivity contribution in [2.75, 3.05) is 7.11 Å². The number of hydrogen-bond acceptors (Lipinski definition) is 4. The smallest absolute Gasteiger partial charge is 0.247 e. The van der Waals surface area contributed by atoms with E-state index in [-0.39, 0.29) is 12.3 Å². The topological polar surface area (TPSA) is 79.4 Å². The maximum absolute atomic E-state index is 11.9. The Morgan fingerprint density at radius 1 is 1.26 bits per heavy atom. The number of aromatic amines is 1. The van der Waals surface area contributed by atoms with Gasteiger partial charge in [-0.05, 0) is 42.0 Å². The molecule has 0 unspecified atom stereocenters. The largest absolute Gasteiger partial charge is 0.497 e. The second-order valence-electron chi connectivity index (χ2n) is 4.94. The highest BCUT2D eigenvalue weighted by molar-refractivity contribution is 5.83. The van der Waals surface area contributed by atoms with Crippen LogP contribution in [0.3, 0.4) is 0 Å². The molecule has 0 radical (unpaired) electrons. The van der Waals surface area contributed by atoms with Crippen LogP contribution in [-0.4, -0.2) is 29.2 Å². The van der Waals surface area contributed by atoms with Gasteiger partial charge in [0.05, 0.1) is 30.8 Å². The lowest BCUT2D eigenvalue weighted by Crippen LogP contribution is -2.20. The molecule has 0 bridgehead atoms. The van der Waals surface area contributed by atoms with Gasteiger partial charge in [0.25, 0.3) is 0 Å². The number of fused-ring (bicyclic) bond motifs is 1. The SMILES string of the molecule is COc1ccc(/C=N/NC(=O)Cc2nc3ccccc3[nH]2)cc1. The molecule has 1 aromatic heterocycles. The first-order valence-electron chi connectivity index (χ1n) is 7.14. The number of nitrogens with one attached hydrogen (secondary N) is 2. The van der Waals surface area contributed by atoms with Gasteiger partial charge in [0.1, 0.15) is 11.6 Å². The van der Waals surface area contributed by atoms with E-state index >= 15 is 0 Å². The molecule has 0 saturated heterocycles. The number of imidazole rings is 1.